The van der Waals surface area contributed by atoms with E-state index in [1.54, 1.807) is 24.3 Å². The average molecular weight is 649 g/mol. The second-order valence-corrected chi connectivity index (χ2v) is 13.4. The van der Waals surface area contributed by atoms with Gasteiger partial charge in [0.05, 0.1) is 28.0 Å². The van der Waals surface area contributed by atoms with Gasteiger partial charge in [0.1, 0.15) is 11.6 Å². The third-order valence-corrected chi connectivity index (χ3v) is 10.1. The highest BCUT2D eigenvalue weighted by Crippen LogP contribution is 2.54. The van der Waals surface area contributed by atoms with E-state index >= 15 is 0 Å². The van der Waals surface area contributed by atoms with Crippen molar-refractivity contribution < 1.29 is 9.22 Å². The SMILES string of the molecule is [2H]C([2H])([2H])c1ccc(-n2c(-c3ccccc3O)nc3c(-c4cc(-c5ccccn5)cc5c4C(C)(C)c4ccccc4-5)cccc32)c(-c2ccccc2)c1. The van der Waals surface area contributed by atoms with Crippen molar-refractivity contribution in [3.63, 3.8) is 0 Å². The highest BCUT2D eigenvalue weighted by Gasteiger charge is 2.38. The van der Waals surface area contributed by atoms with Gasteiger partial charge in [-0.1, -0.05) is 110 Å². The summed E-state index contributed by atoms with van der Waals surface area (Å²) in [5, 5.41) is 11.3. The molecule has 0 saturated heterocycles. The molecular formula is C46H35N3O. The van der Waals surface area contributed by atoms with Gasteiger partial charge in [-0.05, 0) is 94.8 Å². The third kappa shape index (κ3) is 4.60. The van der Waals surface area contributed by atoms with Crippen LogP contribution < -0.4 is 0 Å². The molecule has 2 aromatic heterocycles. The number of benzene rings is 6. The fraction of sp³-hybridized carbons (Fsp3) is 0.0870. The largest absolute Gasteiger partial charge is 0.507 e. The van der Waals surface area contributed by atoms with Gasteiger partial charge in [-0.2, -0.15) is 0 Å². The van der Waals surface area contributed by atoms with Crippen LogP contribution in [0.2, 0.25) is 0 Å². The van der Waals surface area contributed by atoms with Crippen LogP contribution in [0.25, 0.3) is 72.7 Å². The molecule has 0 unspecified atom stereocenters. The highest BCUT2D eigenvalue weighted by atomic mass is 16.3. The predicted octanol–water partition coefficient (Wildman–Crippen LogP) is 11.4. The molecule has 0 aliphatic heterocycles. The molecule has 1 aliphatic carbocycles. The van der Waals surface area contributed by atoms with Crippen LogP contribution in [0.15, 0.2) is 152 Å². The standard InChI is InChI=1S/C46H35N3O/c1-29-23-24-40(35(26-29)30-14-5-4-6-15-30)49-41-21-13-18-33(44(41)48-45(49)34-17-8-10-22-42(34)50)37-28-31(39-20-11-12-25-47-39)27-36-32-16-7-9-19-38(32)46(2,3)43(36)37/h4-28,50H,1-3H3/i1D3. The van der Waals surface area contributed by atoms with E-state index in [9.17, 15) is 5.11 Å². The van der Waals surface area contributed by atoms with Gasteiger partial charge >= 0.3 is 0 Å². The number of phenols is 1. The minimum Gasteiger partial charge on any atom is -0.507 e. The molecule has 2 heterocycles. The zero-order valence-corrected chi connectivity index (χ0v) is 27.7. The molecule has 1 aliphatic rings. The Balaban J connectivity index is 1.39. The van der Waals surface area contributed by atoms with E-state index in [0.29, 0.717) is 11.4 Å². The maximum atomic E-state index is 11.3. The Morgan fingerprint density at radius 1 is 0.620 bits per heavy atom. The van der Waals surface area contributed by atoms with Crippen LogP contribution >= 0.6 is 0 Å². The minimum absolute atomic E-state index is 0.0978. The van der Waals surface area contributed by atoms with Crippen molar-refractivity contribution >= 4 is 11.0 Å². The quantitative estimate of drug-likeness (QED) is 0.202. The molecule has 1 N–H and O–H groups in total. The van der Waals surface area contributed by atoms with Gasteiger partial charge in [-0.25, -0.2) is 4.98 Å². The molecule has 50 heavy (non-hydrogen) atoms. The molecule has 4 nitrogen and oxygen atoms in total. The Morgan fingerprint density at radius 2 is 1.34 bits per heavy atom. The molecule has 8 aromatic rings. The van der Waals surface area contributed by atoms with Crippen molar-refractivity contribution in [1.29, 1.82) is 0 Å². The van der Waals surface area contributed by atoms with Gasteiger partial charge < -0.3 is 5.11 Å². The van der Waals surface area contributed by atoms with Gasteiger partial charge in [-0.15, -0.1) is 0 Å². The van der Waals surface area contributed by atoms with Crippen molar-refractivity contribution in [1.82, 2.24) is 14.5 Å². The van der Waals surface area contributed by atoms with Crippen molar-refractivity contribution in [3.05, 3.63) is 168 Å². The summed E-state index contributed by atoms with van der Waals surface area (Å²) in [6.07, 6.45) is 1.82. The van der Waals surface area contributed by atoms with Crippen LogP contribution in [0.4, 0.5) is 0 Å². The summed E-state index contributed by atoms with van der Waals surface area (Å²) >= 11 is 0. The first kappa shape index (κ1) is 26.7. The van der Waals surface area contributed by atoms with Crippen molar-refractivity contribution in [2.45, 2.75) is 26.1 Å². The maximum absolute atomic E-state index is 11.3. The minimum atomic E-state index is -2.30. The number of aryl methyl sites for hydroxylation is 1. The van der Waals surface area contributed by atoms with E-state index in [0.717, 1.165) is 50.2 Å². The van der Waals surface area contributed by atoms with Crippen LogP contribution in [0.1, 0.15) is 34.7 Å². The number of phenolic OH excluding ortho intramolecular Hbond substituents is 1. The molecular weight excluding hydrogens is 611 g/mol. The van der Waals surface area contributed by atoms with E-state index in [4.69, 9.17) is 14.1 Å². The molecule has 0 amide bonds. The Bertz CT molecular complexity index is 2700. The molecule has 0 saturated carbocycles. The van der Waals surface area contributed by atoms with Gasteiger partial charge in [0.2, 0.25) is 0 Å². The average Bonchev–Trinajstić information content (AvgIpc) is 3.67. The summed E-state index contributed by atoms with van der Waals surface area (Å²) in [4.78, 5) is 10.1. The number of nitrogens with zero attached hydrogens (tertiary/aromatic N) is 3. The molecule has 6 aromatic carbocycles. The lowest BCUT2D eigenvalue weighted by atomic mass is 9.78. The Kier molecular flexibility index (Phi) is 6.09. The van der Waals surface area contributed by atoms with E-state index in [1.807, 2.05) is 79.0 Å². The number of imidazole rings is 1. The van der Waals surface area contributed by atoms with Crippen LogP contribution in [0.3, 0.4) is 0 Å². The number of aromatic nitrogens is 3. The summed E-state index contributed by atoms with van der Waals surface area (Å²) in [7, 11) is 0. The van der Waals surface area contributed by atoms with Crippen LogP contribution in [-0.4, -0.2) is 19.6 Å². The Morgan fingerprint density at radius 3 is 2.12 bits per heavy atom. The lowest BCUT2D eigenvalue weighted by Gasteiger charge is -2.25. The first-order chi connectivity index (χ1) is 25.6. The second-order valence-electron chi connectivity index (χ2n) is 13.4. The molecule has 4 heteroatoms. The molecule has 0 spiro atoms. The van der Waals surface area contributed by atoms with Gasteiger partial charge in [0, 0.05) is 32.4 Å². The monoisotopic (exact) mass is 648 g/mol. The van der Waals surface area contributed by atoms with Crippen molar-refractivity contribution in [2.75, 3.05) is 0 Å². The lowest BCUT2D eigenvalue weighted by molar-refractivity contribution is 0.477. The number of para-hydroxylation sites is 2. The van der Waals surface area contributed by atoms with E-state index in [-0.39, 0.29) is 16.7 Å². The van der Waals surface area contributed by atoms with Gasteiger partial charge in [0.25, 0.3) is 0 Å². The summed E-state index contributed by atoms with van der Waals surface area (Å²) in [5.74, 6) is 0.644. The predicted molar refractivity (Wildman–Crippen MR) is 205 cm³/mol. The molecule has 9 rings (SSSR count). The number of aromatic hydroxyl groups is 1. The number of fused-ring (bicyclic) bond motifs is 4. The van der Waals surface area contributed by atoms with Crippen molar-refractivity contribution in [2.24, 2.45) is 0 Å². The van der Waals surface area contributed by atoms with E-state index in [1.165, 1.54) is 22.3 Å². The van der Waals surface area contributed by atoms with Crippen LogP contribution in [-0.2, 0) is 5.41 Å². The summed E-state index contributed by atoms with van der Waals surface area (Å²) in [6.45, 7) is 2.27. The topological polar surface area (TPSA) is 50.9 Å². The second kappa shape index (κ2) is 11.4. The summed E-state index contributed by atoms with van der Waals surface area (Å²) in [6, 6.07) is 47.6. The fourth-order valence-corrected chi connectivity index (χ4v) is 7.80. The summed E-state index contributed by atoms with van der Waals surface area (Å²) < 4.78 is 26.8. The number of rotatable bonds is 5. The number of hydrogen-bond donors (Lipinski definition) is 1. The van der Waals surface area contributed by atoms with Crippen LogP contribution in [0.5, 0.6) is 5.75 Å². The lowest BCUT2D eigenvalue weighted by Crippen LogP contribution is -2.16. The normalized spacial score (nSPS) is 14.1. The maximum Gasteiger partial charge on any atom is 0.149 e. The molecule has 0 fully saturated rings. The summed E-state index contributed by atoms with van der Waals surface area (Å²) in [5.41, 5.74) is 13.2. The number of pyridine rings is 1. The third-order valence-electron chi connectivity index (χ3n) is 10.1. The van der Waals surface area contributed by atoms with Gasteiger partial charge in [0.15, 0.2) is 0 Å². The van der Waals surface area contributed by atoms with Crippen molar-refractivity contribution in [3.8, 4) is 67.5 Å². The first-order valence-electron chi connectivity index (χ1n) is 18.3. The van der Waals surface area contributed by atoms with Crippen LogP contribution in [0, 0.1) is 6.85 Å². The zero-order valence-electron chi connectivity index (χ0n) is 30.7. The Labute approximate surface area is 296 Å². The first-order valence-corrected chi connectivity index (χ1v) is 16.8. The smallest absolute Gasteiger partial charge is 0.149 e. The molecule has 0 bridgehead atoms. The number of hydrogen-bond acceptors (Lipinski definition) is 3. The Hall–Kier alpha value is -6.26. The van der Waals surface area contributed by atoms with E-state index in [2.05, 4.69) is 66.9 Å². The molecule has 0 atom stereocenters. The fourth-order valence-electron chi connectivity index (χ4n) is 7.80. The molecule has 240 valence electrons. The molecule has 0 radical (unpaired) electrons. The van der Waals surface area contributed by atoms with Gasteiger partial charge in [-0.3, -0.25) is 9.55 Å². The highest BCUT2D eigenvalue weighted by molar-refractivity contribution is 6.01. The van der Waals surface area contributed by atoms with E-state index < -0.39 is 6.85 Å². The zero-order chi connectivity index (χ0) is 36.5.